The standard InChI is InChI=1S/C18H20N2/c1-3-13-19-15-7-5-9-17(19)11-12-18-10-6-8-16-20(18)14-4-2/h3-12,15-16H,1-2,13-14H2/q+2. The average Bonchev–Trinajstić information content (AvgIpc) is 2.48. The van der Waals surface area contributed by atoms with Gasteiger partial charge in [-0.15, -0.1) is 0 Å². The van der Waals surface area contributed by atoms with Crippen LogP contribution in [-0.2, 0) is 13.1 Å². The van der Waals surface area contributed by atoms with E-state index in [2.05, 4.69) is 59.0 Å². The maximum atomic E-state index is 3.79. The second-order valence-corrected chi connectivity index (χ2v) is 4.47. The summed E-state index contributed by atoms with van der Waals surface area (Å²) in [6.45, 7) is 9.20. The second kappa shape index (κ2) is 7.19. The zero-order valence-electron chi connectivity index (χ0n) is 11.7. The van der Waals surface area contributed by atoms with Crippen molar-refractivity contribution in [3.63, 3.8) is 0 Å². The topological polar surface area (TPSA) is 7.76 Å². The molecule has 2 heterocycles. The molecule has 20 heavy (non-hydrogen) atoms. The predicted molar refractivity (Wildman–Crippen MR) is 82.6 cm³/mol. The molecule has 0 aliphatic heterocycles. The van der Waals surface area contributed by atoms with E-state index in [0.29, 0.717) is 0 Å². The molecule has 0 spiro atoms. The van der Waals surface area contributed by atoms with Crippen LogP contribution in [0.25, 0.3) is 12.2 Å². The first-order valence-electron chi connectivity index (χ1n) is 6.72. The fourth-order valence-electron chi connectivity index (χ4n) is 2.06. The van der Waals surface area contributed by atoms with Gasteiger partial charge in [0.25, 0.3) is 0 Å². The molecule has 0 N–H and O–H groups in total. The highest BCUT2D eigenvalue weighted by molar-refractivity contribution is 5.63. The van der Waals surface area contributed by atoms with Crippen LogP contribution in [0.3, 0.4) is 0 Å². The molecule has 0 saturated heterocycles. The first-order chi connectivity index (χ1) is 9.85. The van der Waals surface area contributed by atoms with Crippen molar-refractivity contribution in [3.05, 3.63) is 85.5 Å². The molecule has 0 unspecified atom stereocenters. The molecule has 0 saturated carbocycles. The van der Waals surface area contributed by atoms with Crippen molar-refractivity contribution in [3.8, 4) is 0 Å². The minimum absolute atomic E-state index is 0.808. The number of rotatable bonds is 6. The molecule has 0 radical (unpaired) electrons. The van der Waals surface area contributed by atoms with Crippen molar-refractivity contribution in [1.29, 1.82) is 0 Å². The lowest BCUT2D eigenvalue weighted by Gasteiger charge is -1.98. The largest absolute Gasteiger partial charge is 0.205 e. The maximum absolute atomic E-state index is 3.79. The zero-order valence-corrected chi connectivity index (χ0v) is 11.7. The molecule has 0 aromatic carbocycles. The molecule has 0 fully saturated rings. The molecule has 2 nitrogen and oxygen atoms in total. The van der Waals surface area contributed by atoms with Crippen molar-refractivity contribution in [2.45, 2.75) is 13.1 Å². The molecule has 0 aliphatic carbocycles. The molecule has 2 aromatic heterocycles. The van der Waals surface area contributed by atoms with E-state index in [9.17, 15) is 0 Å². The fraction of sp³-hybridized carbons (Fsp3) is 0.111. The Morgan fingerprint density at radius 1 is 0.750 bits per heavy atom. The van der Waals surface area contributed by atoms with Crippen molar-refractivity contribution in [2.24, 2.45) is 0 Å². The lowest BCUT2D eigenvalue weighted by Crippen LogP contribution is -2.36. The van der Waals surface area contributed by atoms with E-state index < -0.39 is 0 Å². The van der Waals surface area contributed by atoms with Gasteiger partial charge in [-0.25, -0.2) is 0 Å². The summed E-state index contributed by atoms with van der Waals surface area (Å²) in [5.74, 6) is 0. The average molecular weight is 264 g/mol. The van der Waals surface area contributed by atoms with Crippen LogP contribution in [0.5, 0.6) is 0 Å². The highest BCUT2D eigenvalue weighted by Crippen LogP contribution is 2.01. The second-order valence-electron chi connectivity index (χ2n) is 4.47. The molecule has 100 valence electrons. The van der Waals surface area contributed by atoms with E-state index in [4.69, 9.17) is 0 Å². The third-order valence-corrected chi connectivity index (χ3v) is 3.03. The third kappa shape index (κ3) is 3.51. The first-order valence-corrected chi connectivity index (χ1v) is 6.72. The van der Waals surface area contributed by atoms with Crippen molar-refractivity contribution < 1.29 is 9.13 Å². The zero-order chi connectivity index (χ0) is 14.2. The van der Waals surface area contributed by atoms with Crippen LogP contribution in [0, 0.1) is 0 Å². The van der Waals surface area contributed by atoms with E-state index in [1.807, 2.05) is 36.4 Å². The Morgan fingerprint density at radius 3 is 1.60 bits per heavy atom. The van der Waals surface area contributed by atoms with Gasteiger partial charge in [0.15, 0.2) is 25.5 Å². The Morgan fingerprint density at radius 2 is 1.20 bits per heavy atom. The van der Waals surface area contributed by atoms with E-state index in [-0.39, 0.29) is 0 Å². The number of hydrogen-bond donors (Lipinski definition) is 0. The molecular weight excluding hydrogens is 244 g/mol. The predicted octanol–water partition coefficient (Wildman–Crippen LogP) is 2.80. The van der Waals surface area contributed by atoms with Crippen molar-refractivity contribution >= 4 is 12.2 Å². The molecule has 0 bridgehead atoms. The minimum Gasteiger partial charge on any atom is -0.195 e. The molecule has 0 aliphatic rings. The number of aromatic nitrogens is 2. The smallest absolute Gasteiger partial charge is 0.195 e. The van der Waals surface area contributed by atoms with Gasteiger partial charge in [-0.3, -0.25) is 0 Å². The van der Waals surface area contributed by atoms with Crippen LogP contribution in [0.1, 0.15) is 11.4 Å². The lowest BCUT2D eigenvalue weighted by molar-refractivity contribution is -0.689. The SMILES string of the molecule is C=CC[n+]1ccccc1C=Cc1cccc[n+]1CC=C. The summed E-state index contributed by atoms with van der Waals surface area (Å²) in [4.78, 5) is 0. The van der Waals surface area contributed by atoms with E-state index >= 15 is 0 Å². The van der Waals surface area contributed by atoms with Gasteiger partial charge < -0.3 is 0 Å². The highest BCUT2D eigenvalue weighted by atomic mass is 15.0. The summed E-state index contributed by atoms with van der Waals surface area (Å²) in [7, 11) is 0. The number of nitrogens with zero attached hydrogens (tertiary/aromatic N) is 2. The normalized spacial score (nSPS) is 10.6. The number of allylic oxidation sites excluding steroid dienone is 2. The summed E-state index contributed by atoms with van der Waals surface area (Å²) in [5.41, 5.74) is 2.31. The molecular formula is C18H20N2+2. The third-order valence-electron chi connectivity index (χ3n) is 3.03. The van der Waals surface area contributed by atoms with Crippen molar-refractivity contribution in [1.82, 2.24) is 0 Å². The van der Waals surface area contributed by atoms with E-state index in [1.54, 1.807) is 0 Å². The number of pyridine rings is 2. The van der Waals surface area contributed by atoms with Crippen LogP contribution in [0.2, 0.25) is 0 Å². The van der Waals surface area contributed by atoms with Gasteiger partial charge in [0.05, 0.1) is 0 Å². The fourth-order valence-corrected chi connectivity index (χ4v) is 2.06. The van der Waals surface area contributed by atoms with E-state index in [0.717, 1.165) is 24.5 Å². The Kier molecular flexibility index (Phi) is 5.01. The van der Waals surface area contributed by atoms with Crippen LogP contribution in [-0.4, -0.2) is 0 Å². The number of hydrogen-bond acceptors (Lipinski definition) is 0. The Bertz CT molecular complexity index is 571. The summed E-state index contributed by atoms with van der Waals surface area (Å²) < 4.78 is 4.31. The van der Waals surface area contributed by atoms with Gasteiger partial charge in [-0.1, -0.05) is 13.2 Å². The molecule has 2 rings (SSSR count). The van der Waals surface area contributed by atoms with E-state index in [1.165, 1.54) is 0 Å². The van der Waals surface area contributed by atoms with Crippen molar-refractivity contribution in [2.75, 3.05) is 0 Å². The first kappa shape index (κ1) is 13.9. The summed E-state index contributed by atoms with van der Waals surface area (Å²) >= 11 is 0. The maximum Gasteiger partial charge on any atom is 0.205 e. The summed E-state index contributed by atoms with van der Waals surface area (Å²) in [6.07, 6.45) is 12.2. The Labute approximate surface area is 120 Å². The van der Waals surface area contributed by atoms with Crippen LogP contribution in [0.15, 0.2) is 74.1 Å². The molecule has 0 atom stereocenters. The van der Waals surface area contributed by atoms with Gasteiger partial charge in [0.1, 0.15) is 0 Å². The van der Waals surface area contributed by atoms with Gasteiger partial charge in [-0.2, -0.15) is 9.13 Å². The quantitative estimate of drug-likeness (QED) is 0.560. The molecule has 2 heteroatoms. The van der Waals surface area contributed by atoms with Crippen LogP contribution >= 0.6 is 0 Å². The summed E-state index contributed by atoms with van der Waals surface area (Å²) in [5, 5.41) is 0. The van der Waals surface area contributed by atoms with Crippen LogP contribution < -0.4 is 9.13 Å². The van der Waals surface area contributed by atoms with Gasteiger partial charge in [-0.05, 0) is 24.3 Å². The highest BCUT2D eigenvalue weighted by Gasteiger charge is 2.07. The molecule has 2 aromatic rings. The minimum atomic E-state index is 0.808. The lowest BCUT2D eigenvalue weighted by atomic mass is 10.2. The Hall–Kier alpha value is -2.48. The van der Waals surface area contributed by atoms with Crippen LogP contribution in [0.4, 0.5) is 0 Å². The monoisotopic (exact) mass is 264 g/mol. The summed E-state index contributed by atoms with van der Waals surface area (Å²) in [6, 6.07) is 12.3. The Balaban J connectivity index is 2.29. The van der Waals surface area contributed by atoms with Gasteiger partial charge >= 0.3 is 0 Å². The van der Waals surface area contributed by atoms with Gasteiger partial charge in [0.2, 0.25) is 11.4 Å². The molecule has 0 amide bonds. The van der Waals surface area contributed by atoms with Gasteiger partial charge in [0, 0.05) is 36.4 Å².